The number of hydrogen-bond donors (Lipinski definition) is 3. The summed E-state index contributed by atoms with van der Waals surface area (Å²) < 4.78 is 7.17. The second kappa shape index (κ2) is 10.5. The average molecular weight is 517 g/mol. The lowest BCUT2D eigenvalue weighted by atomic mass is 9.79. The lowest BCUT2D eigenvalue weighted by Gasteiger charge is -2.37. The molecule has 0 aliphatic heterocycles. The number of methoxy groups -OCH3 is 1. The van der Waals surface area contributed by atoms with Crippen LogP contribution in [-0.4, -0.2) is 46.7 Å². The molecular weight excluding hydrogens is 484 g/mol. The van der Waals surface area contributed by atoms with E-state index < -0.39 is 17.4 Å². The normalized spacial score (nSPS) is 17.7. The molecule has 198 valence electrons. The Balaban J connectivity index is 1.58. The number of amides is 3. The third kappa shape index (κ3) is 5.47. The molecule has 1 heterocycles. The molecule has 3 aromatic rings. The van der Waals surface area contributed by atoms with Gasteiger partial charge in [0.15, 0.2) is 5.69 Å². The summed E-state index contributed by atoms with van der Waals surface area (Å²) in [6.07, 6.45) is 0.999. The van der Waals surface area contributed by atoms with Gasteiger partial charge in [0.1, 0.15) is 11.8 Å². The van der Waals surface area contributed by atoms with Crippen molar-refractivity contribution in [3.63, 3.8) is 0 Å². The van der Waals surface area contributed by atoms with Crippen LogP contribution in [-0.2, 0) is 16.1 Å². The van der Waals surface area contributed by atoms with Crippen LogP contribution in [0.3, 0.4) is 0 Å². The molecule has 0 bridgehead atoms. The molecule has 0 spiro atoms. The molecule has 38 heavy (non-hydrogen) atoms. The van der Waals surface area contributed by atoms with Crippen molar-refractivity contribution in [3.8, 4) is 11.8 Å². The molecule has 0 saturated heterocycles. The minimum Gasteiger partial charge on any atom is -0.496 e. The first-order valence-electron chi connectivity index (χ1n) is 12.4. The summed E-state index contributed by atoms with van der Waals surface area (Å²) in [5.41, 5.74) is 6.98. The Bertz CT molecular complexity index is 1430. The van der Waals surface area contributed by atoms with Crippen molar-refractivity contribution in [1.29, 1.82) is 5.26 Å². The molecule has 10 nitrogen and oxygen atoms in total. The number of nitrogens with zero attached hydrogens (tertiary/aromatic N) is 3. The third-order valence-corrected chi connectivity index (χ3v) is 6.90. The van der Waals surface area contributed by atoms with Gasteiger partial charge < -0.3 is 21.1 Å². The zero-order valence-corrected chi connectivity index (χ0v) is 21.9. The number of carbonyl (C=O) groups excluding carboxylic acids is 3. The van der Waals surface area contributed by atoms with Gasteiger partial charge in [-0.1, -0.05) is 45.0 Å². The number of hydrogen-bond acceptors (Lipinski definition) is 6. The largest absolute Gasteiger partial charge is 0.496 e. The molecule has 3 amide bonds. The van der Waals surface area contributed by atoms with Gasteiger partial charge in [0.2, 0.25) is 11.8 Å². The molecule has 0 unspecified atom stereocenters. The van der Waals surface area contributed by atoms with Crippen LogP contribution < -0.4 is 21.1 Å². The molecule has 1 aliphatic rings. The van der Waals surface area contributed by atoms with E-state index >= 15 is 0 Å². The highest BCUT2D eigenvalue weighted by molar-refractivity contribution is 6.06. The Labute approximate surface area is 221 Å². The van der Waals surface area contributed by atoms with E-state index in [-0.39, 0.29) is 29.5 Å². The summed E-state index contributed by atoms with van der Waals surface area (Å²) in [6.45, 7) is 5.93. The van der Waals surface area contributed by atoms with E-state index in [2.05, 4.69) is 21.8 Å². The van der Waals surface area contributed by atoms with Gasteiger partial charge in [-0.2, -0.15) is 10.4 Å². The van der Waals surface area contributed by atoms with Gasteiger partial charge in [0, 0.05) is 22.9 Å². The Morgan fingerprint density at radius 3 is 2.55 bits per heavy atom. The smallest absolute Gasteiger partial charge is 0.273 e. The molecule has 10 heteroatoms. The monoisotopic (exact) mass is 516 g/mol. The number of ether oxygens (including phenoxy) is 1. The number of benzene rings is 2. The predicted octanol–water partition coefficient (Wildman–Crippen LogP) is 2.49. The van der Waals surface area contributed by atoms with Crippen molar-refractivity contribution < 1.29 is 19.1 Å². The van der Waals surface area contributed by atoms with Crippen molar-refractivity contribution in [1.82, 2.24) is 20.4 Å². The second-order valence-electron chi connectivity index (χ2n) is 10.7. The molecule has 0 radical (unpaired) electrons. The predicted molar refractivity (Wildman–Crippen MR) is 141 cm³/mol. The Morgan fingerprint density at radius 1 is 1.21 bits per heavy atom. The van der Waals surface area contributed by atoms with E-state index in [4.69, 9.17) is 10.5 Å². The fourth-order valence-electron chi connectivity index (χ4n) is 4.65. The zero-order chi connectivity index (χ0) is 27.6. The highest BCUT2D eigenvalue weighted by atomic mass is 16.5. The van der Waals surface area contributed by atoms with Crippen molar-refractivity contribution in [2.45, 2.75) is 52.2 Å². The maximum absolute atomic E-state index is 13.5. The van der Waals surface area contributed by atoms with Gasteiger partial charge in [-0.25, -0.2) is 0 Å². The summed E-state index contributed by atoms with van der Waals surface area (Å²) >= 11 is 0. The Morgan fingerprint density at radius 2 is 1.92 bits per heavy atom. The molecule has 1 saturated carbocycles. The maximum atomic E-state index is 13.5. The third-order valence-electron chi connectivity index (χ3n) is 6.90. The number of fused-ring (bicyclic) bond motifs is 1. The fourth-order valence-corrected chi connectivity index (χ4v) is 4.65. The molecule has 1 fully saturated rings. The molecule has 2 aromatic carbocycles. The molecule has 4 rings (SSSR count). The van der Waals surface area contributed by atoms with E-state index in [0.717, 1.165) is 11.1 Å². The summed E-state index contributed by atoms with van der Waals surface area (Å²) in [5, 5.41) is 20.3. The number of para-hydroxylation sites is 1. The van der Waals surface area contributed by atoms with E-state index in [1.54, 1.807) is 22.9 Å². The molecule has 1 aromatic heterocycles. The topological polar surface area (TPSA) is 152 Å². The summed E-state index contributed by atoms with van der Waals surface area (Å²) in [4.78, 5) is 38.0. The van der Waals surface area contributed by atoms with Crippen LogP contribution in [0, 0.1) is 22.7 Å². The fraction of sp³-hybridized carbons (Fsp3) is 0.393. The highest BCUT2D eigenvalue weighted by Crippen LogP contribution is 2.29. The van der Waals surface area contributed by atoms with Gasteiger partial charge in [0.25, 0.3) is 5.91 Å². The number of nitrogens with one attached hydrogen (secondary N) is 2. The van der Waals surface area contributed by atoms with Crippen LogP contribution in [0.4, 0.5) is 0 Å². The minimum absolute atomic E-state index is 0.149. The first-order chi connectivity index (χ1) is 18.0. The number of aromatic nitrogens is 2. The second-order valence-corrected chi connectivity index (χ2v) is 10.7. The summed E-state index contributed by atoms with van der Waals surface area (Å²) in [6, 6.07) is 13.7. The zero-order valence-electron chi connectivity index (χ0n) is 21.9. The Hall–Kier alpha value is -4.39. The SMILES string of the molecule is COc1cc(C#N)ccc1Cn1nc(C(=O)N[C@H](C(=O)N[C@H]2C[C@@H](C(N)=O)C2)C(C)(C)C)c2ccccc21. The van der Waals surface area contributed by atoms with Crippen molar-refractivity contribution in [3.05, 3.63) is 59.3 Å². The lowest BCUT2D eigenvalue weighted by Crippen LogP contribution is -2.58. The van der Waals surface area contributed by atoms with Crippen LogP contribution >= 0.6 is 0 Å². The quantitative estimate of drug-likeness (QED) is 0.418. The van der Waals surface area contributed by atoms with Crippen LogP contribution in [0.25, 0.3) is 10.9 Å². The van der Waals surface area contributed by atoms with E-state index in [1.807, 2.05) is 45.0 Å². The van der Waals surface area contributed by atoms with Gasteiger partial charge in [-0.05, 0) is 36.5 Å². The Kier molecular flexibility index (Phi) is 7.39. The summed E-state index contributed by atoms with van der Waals surface area (Å²) in [5.74, 6) is -0.825. The van der Waals surface area contributed by atoms with Gasteiger partial charge in [-0.3, -0.25) is 19.1 Å². The van der Waals surface area contributed by atoms with Crippen molar-refractivity contribution in [2.75, 3.05) is 7.11 Å². The van der Waals surface area contributed by atoms with Crippen LogP contribution in [0.5, 0.6) is 5.75 Å². The van der Waals surface area contributed by atoms with Gasteiger partial charge in [-0.15, -0.1) is 0 Å². The van der Waals surface area contributed by atoms with Crippen molar-refractivity contribution in [2.24, 2.45) is 17.1 Å². The van der Waals surface area contributed by atoms with Crippen molar-refractivity contribution >= 4 is 28.6 Å². The van der Waals surface area contributed by atoms with Crippen LogP contribution in [0.1, 0.15) is 55.2 Å². The van der Waals surface area contributed by atoms with E-state index in [0.29, 0.717) is 36.1 Å². The highest BCUT2D eigenvalue weighted by Gasteiger charge is 2.39. The molecule has 4 N–H and O–H groups in total. The standard InChI is InChI=1S/C28H32N6O4/c1-28(2,3)24(27(37)31-19-12-18(13-19)25(30)35)32-26(36)23-20-7-5-6-8-21(20)34(33-23)15-17-10-9-16(14-29)11-22(17)38-4/h5-11,18-19,24H,12-13,15H2,1-4H3,(H2,30,35)(H,31,37)(H,32,36)/t18-,19+,24-/m1/s1. The molecule has 1 aliphatic carbocycles. The van der Waals surface area contributed by atoms with E-state index in [1.165, 1.54) is 7.11 Å². The number of carbonyl (C=O) groups is 3. The molecular formula is C28H32N6O4. The minimum atomic E-state index is -0.829. The first kappa shape index (κ1) is 26.7. The van der Waals surface area contributed by atoms with E-state index in [9.17, 15) is 19.6 Å². The number of primary amides is 1. The average Bonchev–Trinajstić information content (AvgIpc) is 3.22. The maximum Gasteiger partial charge on any atom is 0.273 e. The van der Waals surface area contributed by atoms with Gasteiger partial charge in [0.05, 0.1) is 30.8 Å². The summed E-state index contributed by atoms with van der Waals surface area (Å²) in [7, 11) is 1.54. The first-order valence-corrected chi connectivity index (χ1v) is 12.4. The van der Waals surface area contributed by atoms with Gasteiger partial charge >= 0.3 is 0 Å². The van der Waals surface area contributed by atoms with Crippen LogP contribution in [0.2, 0.25) is 0 Å². The lowest BCUT2D eigenvalue weighted by molar-refractivity contribution is -0.130. The number of rotatable bonds is 8. The number of nitriles is 1. The molecule has 1 atom stereocenters. The number of nitrogens with two attached hydrogens (primary N) is 1. The van der Waals surface area contributed by atoms with Crippen LogP contribution in [0.15, 0.2) is 42.5 Å².